The van der Waals surface area contributed by atoms with Crippen molar-refractivity contribution in [3.05, 3.63) is 29.8 Å². The van der Waals surface area contributed by atoms with Crippen LogP contribution in [0.5, 0.6) is 0 Å². The fourth-order valence-electron chi connectivity index (χ4n) is 1.63. The van der Waals surface area contributed by atoms with Gasteiger partial charge in [0, 0.05) is 18.8 Å². The molecule has 0 unspecified atom stereocenters. The summed E-state index contributed by atoms with van der Waals surface area (Å²) in [6.07, 6.45) is -0.232. The van der Waals surface area contributed by atoms with E-state index < -0.39 is 11.7 Å². The zero-order valence-corrected chi connectivity index (χ0v) is 12.7. The average Bonchev–Trinajstić information content (AvgIpc) is 2.32. The molecule has 0 saturated heterocycles. The molecule has 0 aromatic heterocycles. The normalized spacial score (nSPS) is 10.8. The smallest absolute Gasteiger partial charge is 0.407 e. The number of alkyl carbamates (subject to hydrolysis) is 1. The van der Waals surface area contributed by atoms with E-state index in [0.717, 1.165) is 5.56 Å². The Bertz CT molecular complexity index is 495. The molecule has 1 aromatic carbocycles. The highest BCUT2D eigenvalue weighted by atomic mass is 16.6. The van der Waals surface area contributed by atoms with Crippen molar-refractivity contribution in [3.8, 4) is 0 Å². The average molecular weight is 293 g/mol. The second-order valence-electron chi connectivity index (χ2n) is 5.70. The molecule has 0 spiro atoms. The van der Waals surface area contributed by atoms with Gasteiger partial charge < -0.3 is 21.1 Å². The van der Waals surface area contributed by atoms with Gasteiger partial charge in [0.25, 0.3) is 0 Å². The number of hydrogen-bond donors (Lipinski definition) is 3. The van der Waals surface area contributed by atoms with E-state index in [9.17, 15) is 9.59 Å². The van der Waals surface area contributed by atoms with Gasteiger partial charge in [0.2, 0.25) is 5.91 Å². The Morgan fingerprint density at radius 1 is 1.19 bits per heavy atom. The van der Waals surface area contributed by atoms with Gasteiger partial charge in [-0.1, -0.05) is 12.1 Å². The van der Waals surface area contributed by atoms with Crippen molar-refractivity contribution < 1.29 is 14.3 Å². The van der Waals surface area contributed by atoms with Crippen molar-refractivity contribution in [2.24, 2.45) is 0 Å². The highest BCUT2D eigenvalue weighted by molar-refractivity contribution is 5.78. The van der Waals surface area contributed by atoms with Crippen LogP contribution in [0.2, 0.25) is 0 Å². The second-order valence-corrected chi connectivity index (χ2v) is 5.70. The molecule has 0 atom stereocenters. The lowest BCUT2D eigenvalue weighted by Crippen LogP contribution is -2.38. The van der Waals surface area contributed by atoms with Gasteiger partial charge in [-0.25, -0.2) is 4.79 Å². The van der Waals surface area contributed by atoms with E-state index in [1.165, 1.54) is 0 Å². The fourth-order valence-corrected chi connectivity index (χ4v) is 1.63. The number of amides is 2. The minimum Gasteiger partial charge on any atom is -0.444 e. The number of anilines is 1. The number of nitrogens with two attached hydrogens (primary N) is 1. The number of rotatable bonds is 5. The lowest BCUT2D eigenvalue weighted by molar-refractivity contribution is -0.120. The van der Waals surface area contributed by atoms with E-state index in [4.69, 9.17) is 10.5 Å². The number of carbonyl (C=O) groups excluding carboxylic acids is 2. The first-order valence-corrected chi connectivity index (χ1v) is 6.84. The summed E-state index contributed by atoms with van der Waals surface area (Å²) >= 11 is 0. The molecular formula is C15H23N3O3. The molecule has 0 aliphatic rings. The number of carbonyl (C=O) groups is 2. The summed E-state index contributed by atoms with van der Waals surface area (Å²) in [4.78, 5) is 23.1. The summed E-state index contributed by atoms with van der Waals surface area (Å²) in [6, 6.07) is 7.18. The van der Waals surface area contributed by atoms with Crippen LogP contribution < -0.4 is 16.4 Å². The van der Waals surface area contributed by atoms with Crippen LogP contribution in [0.3, 0.4) is 0 Å². The van der Waals surface area contributed by atoms with E-state index in [-0.39, 0.29) is 12.3 Å². The summed E-state index contributed by atoms with van der Waals surface area (Å²) in [5.74, 6) is -0.119. The maximum absolute atomic E-state index is 11.7. The first kappa shape index (κ1) is 16.8. The number of ether oxygens (including phenoxy) is 1. The van der Waals surface area contributed by atoms with Crippen molar-refractivity contribution in [1.82, 2.24) is 10.6 Å². The molecule has 4 N–H and O–H groups in total. The topological polar surface area (TPSA) is 93.5 Å². The Kier molecular flexibility index (Phi) is 6.02. The third-order valence-electron chi connectivity index (χ3n) is 2.43. The number of hydrogen-bond acceptors (Lipinski definition) is 4. The quantitative estimate of drug-likeness (QED) is 0.566. The predicted molar refractivity (Wildman–Crippen MR) is 81.8 cm³/mol. The molecule has 0 radical (unpaired) electrons. The fraction of sp³-hybridized carbons (Fsp3) is 0.467. The minimum atomic E-state index is -0.527. The monoisotopic (exact) mass is 293 g/mol. The summed E-state index contributed by atoms with van der Waals surface area (Å²) in [5.41, 5.74) is 6.60. The van der Waals surface area contributed by atoms with Crippen LogP contribution in [0, 0.1) is 0 Å². The van der Waals surface area contributed by atoms with Crippen molar-refractivity contribution in [2.75, 3.05) is 18.8 Å². The van der Waals surface area contributed by atoms with Crippen molar-refractivity contribution in [1.29, 1.82) is 0 Å². The number of nitrogens with one attached hydrogen (secondary N) is 2. The highest BCUT2D eigenvalue weighted by Crippen LogP contribution is 2.07. The van der Waals surface area contributed by atoms with Gasteiger partial charge in [0.15, 0.2) is 0 Å². The molecule has 0 bridgehead atoms. The first-order valence-electron chi connectivity index (χ1n) is 6.84. The van der Waals surface area contributed by atoms with Crippen LogP contribution in [-0.4, -0.2) is 30.7 Å². The Balaban J connectivity index is 2.21. The molecule has 0 heterocycles. The molecule has 6 nitrogen and oxygen atoms in total. The first-order chi connectivity index (χ1) is 9.76. The molecule has 0 aliphatic heterocycles. The summed E-state index contributed by atoms with van der Waals surface area (Å²) < 4.78 is 5.08. The molecule has 21 heavy (non-hydrogen) atoms. The van der Waals surface area contributed by atoms with E-state index >= 15 is 0 Å². The maximum atomic E-state index is 11.7. The highest BCUT2D eigenvalue weighted by Gasteiger charge is 2.15. The molecule has 0 saturated carbocycles. The molecule has 6 heteroatoms. The Labute approximate surface area is 125 Å². The summed E-state index contributed by atoms with van der Waals surface area (Å²) in [5, 5.41) is 5.29. The van der Waals surface area contributed by atoms with E-state index in [2.05, 4.69) is 10.6 Å². The molecule has 1 aromatic rings. The third-order valence-corrected chi connectivity index (χ3v) is 2.43. The van der Waals surface area contributed by atoms with Gasteiger partial charge in [0.1, 0.15) is 5.60 Å². The van der Waals surface area contributed by atoms with Gasteiger partial charge in [-0.05, 0) is 38.5 Å². The van der Waals surface area contributed by atoms with E-state index in [0.29, 0.717) is 18.8 Å². The largest absolute Gasteiger partial charge is 0.444 e. The Morgan fingerprint density at radius 2 is 1.86 bits per heavy atom. The van der Waals surface area contributed by atoms with Gasteiger partial charge in [0.05, 0.1) is 6.42 Å². The molecule has 0 fully saturated rings. The van der Waals surface area contributed by atoms with Crippen molar-refractivity contribution >= 4 is 17.7 Å². The maximum Gasteiger partial charge on any atom is 0.407 e. The van der Waals surface area contributed by atoms with Gasteiger partial charge in [-0.2, -0.15) is 0 Å². The molecule has 0 aliphatic carbocycles. The van der Waals surface area contributed by atoms with E-state index in [1.807, 2.05) is 12.1 Å². The van der Waals surface area contributed by atoms with Gasteiger partial charge >= 0.3 is 6.09 Å². The molecule has 116 valence electrons. The van der Waals surface area contributed by atoms with Gasteiger partial charge in [-0.15, -0.1) is 0 Å². The summed E-state index contributed by atoms with van der Waals surface area (Å²) in [6.45, 7) is 6.04. The molecule has 1 rings (SSSR count). The molecular weight excluding hydrogens is 270 g/mol. The van der Waals surface area contributed by atoms with Crippen molar-refractivity contribution in [3.63, 3.8) is 0 Å². The van der Waals surface area contributed by atoms with Gasteiger partial charge in [-0.3, -0.25) is 4.79 Å². The second kappa shape index (κ2) is 7.52. The van der Waals surface area contributed by atoms with Crippen LogP contribution in [0.1, 0.15) is 26.3 Å². The van der Waals surface area contributed by atoms with Crippen molar-refractivity contribution in [2.45, 2.75) is 32.8 Å². The Hall–Kier alpha value is -2.24. The van der Waals surface area contributed by atoms with Crippen LogP contribution in [0.15, 0.2) is 24.3 Å². The molecule has 2 amide bonds. The lowest BCUT2D eigenvalue weighted by atomic mass is 10.1. The van der Waals surface area contributed by atoms with Crippen LogP contribution in [-0.2, 0) is 16.0 Å². The minimum absolute atomic E-state index is 0.119. The van der Waals surface area contributed by atoms with Crippen LogP contribution in [0.25, 0.3) is 0 Å². The predicted octanol–water partition coefficient (Wildman–Crippen LogP) is 1.45. The third kappa shape index (κ3) is 7.81. The SMILES string of the molecule is CC(C)(C)OC(=O)NCCNC(=O)Cc1cccc(N)c1. The Morgan fingerprint density at radius 3 is 2.48 bits per heavy atom. The number of benzene rings is 1. The van der Waals surface area contributed by atoms with E-state index in [1.54, 1.807) is 32.9 Å². The summed E-state index contributed by atoms with van der Waals surface area (Å²) in [7, 11) is 0. The zero-order chi connectivity index (χ0) is 15.9. The number of nitrogen functional groups attached to an aromatic ring is 1. The zero-order valence-electron chi connectivity index (χ0n) is 12.7. The van der Waals surface area contributed by atoms with Crippen LogP contribution >= 0.6 is 0 Å². The standard InChI is InChI=1S/C15H23N3O3/c1-15(2,3)21-14(20)18-8-7-17-13(19)10-11-5-4-6-12(16)9-11/h4-6,9H,7-8,10,16H2,1-3H3,(H,17,19)(H,18,20). The van der Waals surface area contributed by atoms with Crippen LogP contribution in [0.4, 0.5) is 10.5 Å². The lowest BCUT2D eigenvalue weighted by Gasteiger charge is -2.19.